The Bertz CT molecular complexity index is 1080. The molecule has 0 unspecified atom stereocenters. The normalized spacial score (nSPS) is 12.4. The number of aromatic amines is 1. The van der Waals surface area contributed by atoms with Crippen molar-refractivity contribution >= 4 is 36.9 Å². The Morgan fingerprint density at radius 1 is 1.00 bits per heavy atom. The Morgan fingerprint density at radius 3 is 2.35 bits per heavy atom. The van der Waals surface area contributed by atoms with Gasteiger partial charge in [0, 0.05) is 0 Å². The van der Waals surface area contributed by atoms with E-state index in [-0.39, 0.29) is 21.6 Å². The van der Waals surface area contributed by atoms with E-state index in [9.17, 15) is 21.4 Å². The van der Waals surface area contributed by atoms with Gasteiger partial charge in [-0.15, -0.1) is 5.10 Å². The first kappa shape index (κ1) is 15.4. The van der Waals surface area contributed by atoms with Crippen LogP contribution in [0.2, 0.25) is 0 Å². The molecule has 23 heavy (non-hydrogen) atoms. The van der Waals surface area contributed by atoms with Crippen LogP contribution in [0.4, 0.5) is 5.69 Å². The highest BCUT2D eigenvalue weighted by molar-refractivity contribution is 7.93. The fourth-order valence-corrected chi connectivity index (χ4v) is 3.98. The summed E-state index contributed by atoms with van der Waals surface area (Å²) in [6.45, 7) is 0. The van der Waals surface area contributed by atoms with E-state index < -0.39 is 25.0 Å². The first-order valence-corrected chi connectivity index (χ1v) is 9.10. The molecule has 3 rings (SSSR count). The summed E-state index contributed by atoms with van der Waals surface area (Å²) < 4.78 is 59.5. The molecule has 3 N–H and O–H groups in total. The second-order valence-corrected chi connectivity index (χ2v) is 7.58. The van der Waals surface area contributed by atoms with Crippen molar-refractivity contribution in [2.24, 2.45) is 0 Å². The van der Waals surface area contributed by atoms with Crippen molar-refractivity contribution in [1.82, 2.24) is 15.4 Å². The summed E-state index contributed by atoms with van der Waals surface area (Å²) in [7, 11) is -8.77. The second kappa shape index (κ2) is 5.30. The van der Waals surface area contributed by atoms with Crippen molar-refractivity contribution in [2.75, 3.05) is 4.72 Å². The van der Waals surface area contributed by atoms with Crippen LogP contribution in [0.1, 0.15) is 0 Å². The predicted octanol–water partition coefficient (Wildman–Crippen LogP) is 1.01. The van der Waals surface area contributed by atoms with Gasteiger partial charge in [-0.1, -0.05) is 23.4 Å². The van der Waals surface area contributed by atoms with E-state index in [0.717, 1.165) is 0 Å². The minimum Gasteiger partial charge on any atom is -0.282 e. The molecule has 0 saturated carbocycles. The lowest BCUT2D eigenvalue weighted by Crippen LogP contribution is -2.15. The Hall–Kier alpha value is -2.50. The van der Waals surface area contributed by atoms with E-state index in [1.165, 1.54) is 36.4 Å². The van der Waals surface area contributed by atoms with Crippen LogP contribution in [0.15, 0.2) is 52.3 Å². The average molecular weight is 354 g/mol. The van der Waals surface area contributed by atoms with Crippen LogP contribution in [0, 0.1) is 0 Å². The summed E-state index contributed by atoms with van der Waals surface area (Å²) in [5, 5.41) is 9.45. The highest BCUT2D eigenvalue weighted by Crippen LogP contribution is 2.29. The van der Waals surface area contributed by atoms with Crippen LogP contribution < -0.4 is 4.72 Å². The molecular formula is C12H10N4O5S2. The molecule has 0 spiro atoms. The van der Waals surface area contributed by atoms with E-state index in [1.54, 1.807) is 6.07 Å². The summed E-state index contributed by atoms with van der Waals surface area (Å²) in [5.41, 5.74) is -0.251. The molecule has 1 aromatic heterocycles. The smallest absolute Gasteiger partial charge is 0.282 e. The zero-order valence-corrected chi connectivity index (χ0v) is 13.0. The summed E-state index contributed by atoms with van der Waals surface area (Å²) in [5.74, 6) is 0. The van der Waals surface area contributed by atoms with Crippen molar-refractivity contribution in [2.45, 2.75) is 9.79 Å². The summed E-state index contributed by atoms with van der Waals surface area (Å²) in [4.78, 5) is -0.718. The van der Waals surface area contributed by atoms with Gasteiger partial charge in [-0.05, 0) is 24.3 Å². The Labute approximate surface area is 131 Å². The fourth-order valence-electron chi connectivity index (χ4n) is 2.03. The van der Waals surface area contributed by atoms with E-state index in [4.69, 9.17) is 0 Å². The van der Waals surface area contributed by atoms with E-state index in [0.29, 0.717) is 0 Å². The zero-order valence-electron chi connectivity index (χ0n) is 11.3. The maximum Gasteiger partial charge on any atom is 0.298 e. The van der Waals surface area contributed by atoms with Gasteiger partial charge in [0.2, 0.25) is 0 Å². The highest BCUT2D eigenvalue weighted by Gasteiger charge is 2.25. The van der Waals surface area contributed by atoms with Gasteiger partial charge in [-0.3, -0.25) is 14.4 Å². The Morgan fingerprint density at radius 2 is 1.70 bits per heavy atom. The number of nitrogens with one attached hydrogen (secondary N) is 2. The second-order valence-electron chi connectivity index (χ2n) is 4.54. The van der Waals surface area contributed by atoms with Crippen LogP contribution in [0.3, 0.4) is 0 Å². The van der Waals surface area contributed by atoms with Crippen LogP contribution in [-0.2, 0) is 20.1 Å². The van der Waals surface area contributed by atoms with Gasteiger partial charge >= 0.3 is 0 Å². The molecular weight excluding hydrogens is 344 g/mol. The monoisotopic (exact) mass is 354 g/mol. The fraction of sp³-hybridized carbons (Fsp3) is 0. The SMILES string of the molecule is O=S(=O)(O)c1c(NS(=O)(=O)c2ccccc2)ccc2[nH]nnc12. The summed E-state index contributed by atoms with van der Waals surface area (Å²) >= 11 is 0. The number of hydrogen-bond donors (Lipinski definition) is 3. The number of H-pyrrole nitrogens is 1. The topological polar surface area (TPSA) is 142 Å². The summed E-state index contributed by atoms with van der Waals surface area (Å²) in [6.07, 6.45) is 0. The third-order valence-corrected chi connectivity index (χ3v) is 5.32. The zero-order chi connectivity index (χ0) is 16.7. The lowest BCUT2D eigenvalue weighted by molar-refractivity contribution is 0.484. The molecule has 0 aliphatic heterocycles. The third kappa shape index (κ3) is 2.88. The standard InChI is InChI=1S/C12H10N4O5S2/c17-22(18,8-4-2-1-3-5-8)15-10-7-6-9-11(14-16-13-9)12(10)23(19,20)21/h1-7,15H,(H,13,14,16)(H,19,20,21). The number of hydrogen-bond acceptors (Lipinski definition) is 6. The molecule has 0 radical (unpaired) electrons. The first-order chi connectivity index (χ1) is 10.8. The largest absolute Gasteiger partial charge is 0.298 e. The lowest BCUT2D eigenvalue weighted by atomic mass is 10.3. The first-order valence-electron chi connectivity index (χ1n) is 6.18. The maximum atomic E-state index is 12.3. The van der Waals surface area contributed by atoms with Crippen molar-refractivity contribution < 1.29 is 21.4 Å². The van der Waals surface area contributed by atoms with E-state index in [1.807, 2.05) is 0 Å². The maximum absolute atomic E-state index is 12.3. The summed E-state index contributed by atoms with van der Waals surface area (Å²) in [6, 6.07) is 10.00. The minimum atomic E-state index is -4.73. The predicted molar refractivity (Wildman–Crippen MR) is 81.0 cm³/mol. The van der Waals surface area contributed by atoms with Crippen molar-refractivity contribution in [3.05, 3.63) is 42.5 Å². The number of anilines is 1. The molecule has 0 bridgehead atoms. The number of sulfonamides is 1. The van der Waals surface area contributed by atoms with Gasteiger partial charge in [0.15, 0.2) is 0 Å². The lowest BCUT2D eigenvalue weighted by Gasteiger charge is -2.11. The number of nitrogens with zero attached hydrogens (tertiary/aromatic N) is 2. The number of fused-ring (bicyclic) bond motifs is 1. The molecule has 11 heteroatoms. The van der Waals surface area contributed by atoms with Crippen LogP contribution in [-0.4, -0.2) is 36.8 Å². The van der Waals surface area contributed by atoms with E-state index >= 15 is 0 Å². The van der Waals surface area contributed by atoms with Crippen molar-refractivity contribution in [1.29, 1.82) is 0 Å². The molecule has 0 amide bonds. The Balaban J connectivity index is 2.18. The van der Waals surface area contributed by atoms with Gasteiger partial charge in [-0.2, -0.15) is 8.42 Å². The van der Waals surface area contributed by atoms with Crippen molar-refractivity contribution in [3.8, 4) is 0 Å². The Kier molecular flexibility index (Phi) is 3.55. The molecule has 0 fully saturated rings. The van der Waals surface area contributed by atoms with E-state index in [2.05, 4.69) is 20.1 Å². The molecule has 1 heterocycles. The number of aromatic nitrogens is 3. The molecule has 120 valence electrons. The van der Waals surface area contributed by atoms with Gasteiger partial charge in [-0.25, -0.2) is 8.42 Å². The van der Waals surface area contributed by atoms with Gasteiger partial charge in [0.25, 0.3) is 20.1 Å². The minimum absolute atomic E-state index is 0.0541. The third-order valence-electron chi connectivity index (χ3n) is 3.01. The molecule has 3 aromatic rings. The van der Waals surface area contributed by atoms with Crippen LogP contribution in [0.5, 0.6) is 0 Å². The quantitative estimate of drug-likeness (QED) is 0.593. The van der Waals surface area contributed by atoms with Gasteiger partial charge < -0.3 is 0 Å². The molecule has 0 saturated heterocycles. The van der Waals surface area contributed by atoms with Gasteiger partial charge in [0.05, 0.1) is 16.1 Å². The van der Waals surface area contributed by atoms with Gasteiger partial charge in [0.1, 0.15) is 10.4 Å². The van der Waals surface area contributed by atoms with Crippen LogP contribution in [0.25, 0.3) is 11.0 Å². The number of rotatable bonds is 4. The molecule has 9 nitrogen and oxygen atoms in total. The van der Waals surface area contributed by atoms with Crippen molar-refractivity contribution in [3.63, 3.8) is 0 Å². The number of benzene rings is 2. The highest BCUT2D eigenvalue weighted by atomic mass is 32.2. The van der Waals surface area contributed by atoms with Crippen LogP contribution >= 0.6 is 0 Å². The molecule has 2 aromatic carbocycles. The molecule has 0 atom stereocenters. The molecule has 0 aliphatic carbocycles. The average Bonchev–Trinajstić information content (AvgIpc) is 2.94. The molecule has 0 aliphatic rings.